The number of imide groups is 1. The van der Waals surface area contributed by atoms with E-state index in [0.717, 1.165) is 4.90 Å². The van der Waals surface area contributed by atoms with E-state index in [2.05, 4.69) is 0 Å². The maximum absolute atomic E-state index is 12.1. The smallest absolute Gasteiger partial charge is 0.338 e. The molecule has 2 aliphatic heterocycles. The van der Waals surface area contributed by atoms with Gasteiger partial charge in [-0.25, -0.2) is 4.79 Å². The van der Waals surface area contributed by atoms with Crippen LogP contribution in [0.2, 0.25) is 0 Å². The fourth-order valence-electron chi connectivity index (χ4n) is 2.60. The van der Waals surface area contributed by atoms with Crippen LogP contribution < -0.4 is 0 Å². The summed E-state index contributed by atoms with van der Waals surface area (Å²) >= 11 is 0. The Bertz CT molecular complexity index is 723. The van der Waals surface area contributed by atoms with Gasteiger partial charge < -0.3 is 14.4 Å². The van der Waals surface area contributed by atoms with Gasteiger partial charge in [0.2, 0.25) is 0 Å². The SMILES string of the molecule is CN1C(=O)c2ccc(C(=O)OCC(=O)N3CCOCC3)cc2C1=O. The molecule has 1 aromatic carbocycles. The van der Waals surface area contributed by atoms with Crippen molar-refractivity contribution in [3.05, 3.63) is 34.9 Å². The summed E-state index contributed by atoms with van der Waals surface area (Å²) in [6, 6.07) is 4.14. The van der Waals surface area contributed by atoms with Gasteiger partial charge in [0.1, 0.15) is 0 Å². The summed E-state index contributed by atoms with van der Waals surface area (Å²) in [5.41, 5.74) is 0.542. The van der Waals surface area contributed by atoms with Crippen LogP contribution in [0.3, 0.4) is 0 Å². The van der Waals surface area contributed by atoms with Gasteiger partial charge >= 0.3 is 5.97 Å². The Labute approximate surface area is 137 Å². The molecule has 126 valence electrons. The zero-order chi connectivity index (χ0) is 17.3. The Morgan fingerprint density at radius 3 is 2.50 bits per heavy atom. The van der Waals surface area contributed by atoms with Crippen molar-refractivity contribution < 1.29 is 28.7 Å². The van der Waals surface area contributed by atoms with E-state index < -0.39 is 17.8 Å². The number of rotatable bonds is 3. The van der Waals surface area contributed by atoms with E-state index in [1.54, 1.807) is 4.90 Å². The molecule has 0 aliphatic carbocycles. The molecule has 1 saturated heterocycles. The van der Waals surface area contributed by atoms with Crippen molar-refractivity contribution in [1.29, 1.82) is 0 Å². The molecule has 0 saturated carbocycles. The van der Waals surface area contributed by atoms with Crippen LogP contribution in [0.5, 0.6) is 0 Å². The number of carbonyl (C=O) groups excluding carboxylic acids is 4. The summed E-state index contributed by atoms with van der Waals surface area (Å²) in [5.74, 6) is -1.88. The molecule has 0 N–H and O–H groups in total. The fraction of sp³-hybridized carbons (Fsp3) is 0.375. The quantitative estimate of drug-likeness (QED) is 0.568. The summed E-state index contributed by atoms with van der Waals surface area (Å²) in [5, 5.41) is 0. The third kappa shape index (κ3) is 2.88. The topological polar surface area (TPSA) is 93.2 Å². The average molecular weight is 332 g/mol. The van der Waals surface area contributed by atoms with Crippen molar-refractivity contribution in [2.45, 2.75) is 0 Å². The summed E-state index contributed by atoms with van der Waals surface area (Å²) < 4.78 is 10.2. The maximum atomic E-state index is 12.1. The molecular weight excluding hydrogens is 316 g/mol. The second-order valence-electron chi connectivity index (χ2n) is 5.50. The van der Waals surface area contributed by atoms with Crippen LogP contribution in [0.4, 0.5) is 0 Å². The minimum atomic E-state index is -0.714. The Balaban J connectivity index is 1.65. The molecule has 2 heterocycles. The number of hydrogen-bond acceptors (Lipinski definition) is 6. The molecule has 0 aromatic heterocycles. The highest BCUT2D eigenvalue weighted by Gasteiger charge is 2.33. The highest BCUT2D eigenvalue weighted by Crippen LogP contribution is 2.23. The van der Waals surface area contributed by atoms with Gasteiger partial charge in [-0.2, -0.15) is 0 Å². The lowest BCUT2D eigenvalue weighted by atomic mass is 10.1. The number of nitrogens with zero attached hydrogens (tertiary/aromatic N) is 2. The monoisotopic (exact) mass is 332 g/mol. The molecule has 0 bridgehead atoms. The molecule has 1 fully saturated rings. The Hall–Kier alpha value is -2.74. The largest absolute Gasteiger partial charge is 0.452 e. The third-order valence-electron chi connectivity index (χ3n) is 4.02. The van der Waals surface area contributed by atoms with Crippen molar-refractivity contribution in [2.24, 2.45) is 0 Å². The maximum Gasteiger partial charge on any atom is 0.338 e. The van der Waals surface area contributed by atoms with E-state index in [1.807, 2.05) is 0 Å². The number of ether oxygens (including phenoxy) is 2. The van der Waals surface area contributed by atoms with Crippen LogP contribution in [-0.4, -0.2) is 73.4 Å². The first-order valence-corrected chi connectivity index (χ1v) is 7.48. The predicted molar refractivity (Wildman–Crippen MR) is 80.5 cm³/mol. The van der Waals surface area contributed by atoms with Gasteiger partial charge in [0, 0.05) is 20.1 Å². The van der Waals surface area contributed by atoms with E-state index in [4.69, 9.17) is 9.47 Å². The molecule has 2 aliphatic rings. The first-order valence-electron chi connectivity index (χ1n) is 7.48. The molecule has 3 rings (SSSR count). The van der Waals surface area contributed by atoms with E-state index in [1.165, 1.54) is 25.2 Å². The number of morpholine rings is 1. The van der Waals surface area contributed by atoms with Gasteiger partial charge in [-0.3, -0.25) is 19.3 Å². The first-order chi connectivity index (χ1) is 11.5. The number of benzene rings is 1. The second-order valence-corrected chi connectivity index (χ2v) is 5.50. The van der Waals surface area contributed by atoms with Gasteiger partial charge in [0.15, 0.2) is 6.61 Å². The van der Waals surface area contributed by atoms with Crippen molar-refractivity contribution in [3.8, 4) is 0 Å². The van der Waals surface area contributed by atoms with Gasteiger partial charge in [0.25, 0.3) is 17.7 Å². The summed E-state index contributed by atoms with van der Waals surface area (Å²) in [7, 11) is 1.38. The van der Waals surface area contributed by atoms with E-state index in [9.17, 15) is 19.2 Å². The van der Waals surface area contributed by atoms with Gasteiger partial charge in [-0.1, -0.05) is 0 Å². The molecule has 0 unspecified atom stereocenters. The Morgan fingerprint density at radius 1 is 1.12 bits per heavy atom. The standard InChI is InChI=1S/C16H16N2O6/c1-17-14(20)11-3-2-10(8-12(11)15(17)21)16(22)24-9-13(19)18-4-6-23-7-5-18/h2-3,8H,4-7,9H2,1H3. The van der Waals surface area contributed by atoms with Crippen LogP contribution in [-0.2, 0) is 14.3 Å². The summed E-state index contributed by atoms with van der Waals surface area (Å²) in [4.78, 5) is 50.3. The zero-order valence-electron chi connectivity index (χ0n) is 13.1. The Kier molecular flexibility index (Phi) is 4.30. The number of hydrogen-bond donors (Lipinski definition) is 0. The molecule has 3 amide bonds. The van der Waals surface area contributed by atoms with Gasteiger partial charge in [-0.15, -0.1) is 0 Å². The van der Waals surface area contributed by atoms with Crippen LogP contribution >= 0.6 is 0 Å². The van der Waals surface area contributed by atoms with Gasteiger partial charge in [-0.05, 0) is 18.2 Å². The van der Waals surface area contributed by atoms with Crippen LogP contribution in [0, 0.1) is 0 Å². The minimum Gasteiger partial charge on any atom is -0.452 e. The van der Waals surface area contributed by atoms with Crippen LogP contribution in [0.15, 0.2) is 18.2 Å². The van der Waals surface area contributed by atoms with Crippen molar-refractivity contribution in [2.75, 3.05) is 40.0 Å². The zero-order valence-corrected chi connectivity index (χ0v) is 13.1. The van der Waals surface area contributed by atoms with E-state index in [-0.39, 0.29) is 29.2 Å². The summed E-state index contributed by atoms with van der Waals surface area (Å²) in [6.07, 6.45) is 0. The van der Waals surface area contributed by atoms with Crippen LogP contribution in [0.25, 0.3) is 0 Å². The fourth-order valence-corrected chi connectivity index (χ4v) is 2.60. The highest BCUT2D eigenvalue weighted by molar-refractivity contribution is 6.21. The minimum absolute atomic E-state index is 0.125. The average Bonchev–Trinajstić information content (AvgIpc) is 2.84. The lowest BCUT2D eigenvalue weighted by Crippen LogP contribution is -2.42. The van der Waals surface area contributed by atoms with Crippen molar-refractivity contribution in [1.82, 2.24) is 9.80 Å². The molecule has 0 radical (unpaired) electrons. The first kappa shape index (κ1) is 16.1. The lowest BCUT2D eigenvalue weighted by molar-refractivity contribution is -0.138. The van der Waals surface area contributed by atoms with Crippen molar-refractivity contribution >= 4 is 23.7 Å². The van der Waals surface area contributed by atoms with Crippen LogP contribution in [0.1, 0.15) is 31.1 Å². The van der Waals surface area contributed by atoms with Gasteiger partial charge in [0.05, 0.1) is 29.9 Å². The predicted octanol–water partition coefficient (Wildman–Crippen LogP) is -0.0720. The molecular formula is C16H16N2O6. The highest BCUT2D eigenvalue weighted by atomic mass is 16.5. The molecule has 1 aromatic rings. The lowest BCUT2D eigenvalue weighted by Gasteiger charge is -2.26. The van der Waals surface area contributed by atoms with E-state index >= 15 is 0 Å². The van der Waals surface area contributed by atoms with E-state index in [0.29, 0.717) is 26.3 Å². The third-order valence-corrected chi connectivity index (χ3v) is 4.02. The Morgan fingerprint density at radius 2 is 1.79 bits per heavy atom. The number of fused-ring (bicyclic) bond motifs is 1. The number of carbonyl (C=O) groups is 4. The molecule has 0 spiro atoms. The molecule has 8 heteroatoms. The number of amides is 3. The summed E-state index contributed by atoms with van der Waals surface area (Å²) in [6.45, 7) is 1.50. The molecule has 8 nitrogen and oxygen atoms in total. The van der Waals surface area contributed by atoms with Crippen molar-refractivity contribution in [3.63, 3.8) is 0 Å². The molecule has 24 heavy (non-hydrogen) atoms. The number of esters is 1. The molecule has 0 atom stereocenters. The normalized spacial score (nSPS) is 17.0. The second kappa shape index (κ2) is 6.40.